The maximum Gasteiger partial charge on any atom is 0.246 e. The van der Waals surface area contributed by atoms with E-state index in [1.165, 1.54) is 0 Å². The summed E-state index contributed by atoms with van der Waals surface area (Å²) in [4.78, 5) is -0.570. The minimum atomic E-state index is -4.07. The molecule has 0 aromatic heterocycles. The van der Waals surface area contributed by atoms with Crippen molar-refractivity contribution in [2.45, 2.75) is 18.2 Å². The van der Waals surface area contributed by atoms with Gasteiger partial charge in [0.05, 0.1) is 11.6 Å². The minimum absolute atomic E-state index is 0.0606. The Labute approximate surface area is 116 Å². The predicted molar refractivity (Wildman–Crippen MR) is 72.0 cm³/mol. The molecule has 0 saturated heterocycles. The van der Waals surface area contributed by atoms with Gasteiger partial charge >= 0.3 is 0 Å². The van der Waals surface area contributed by atoms with Crippen LogP contribution < -0.4 is 5.73 Å². The molecule has 1 rings (SSSR count). The van der Waals surface area contributed by atoms with Gasteiger partial charge in [-0.1, -0.05) is 18.5 Å². The van der Waals surface area contributed by atoms with Crippen LogP contribution in [0.4, 0.5) is 10.1 Å². The number of sulfonamides is 1. The van der Waals surface area contributed by atoms with Crippen molar-refractivity contribution in [2.75, 3.05) is 25.4 Å². The Bertz CT molecular complexity index is 545. The van der Waals surface area contributed by atoms with Crippen LogP contribution in [0.2, 0.25) is 5.02 Å². The standard InChI is InChI=1S/C11H16ClFN2O3S/c1-2-3-15(4-5-16)19(17,18)10-7-8(14)6-9(12)11(10)13/h6-7,16H,2-5,14H2,1H3. The number of anilines is 1. The average molecular weight is 311 g/mol. The van der Waals surface area contributed by atoms with Crippen LogP contribution in [0.15, 0.2) is 17.0 Å². The van der Waals surface area contributed by atoms with Crippen LogP contribution in [-0.2, 0) is 10.0 Å². The fourth-order valence-electron chi connectivity index (χ4n) is 1.62. The van der Waals surface area contributed by atoms with Crippen LogP contribution in [0.1, 0.15) is 13.3 Å². The van der Waals surface area contributed by atoms with Gasteiger partial charge in [-0.15, -0.1) is 0 Å². The number of nitrogen functional groups attached to an aromatic ring is 1. The van der Waals surface area contributed by atoms with E-state index in [4.69, 9.17) is 22.4 Å². The second-order valence-electron chi connectivity index (χ2n) is 3.94. The second-order valence-corrected chi connectivity index (χ2v) is 6.26. The van der Waals surface area contributed by atoms with E-state index in [1.54, 1.807) is 6.92 Å². The summed E-state index contributed by atoms with van der Waals surface area (Å²) in [6.45, 7) is 1.50. The van der Waals surface area contributed by atoms with Crippen molar-refractivity contribution in [1.29, 1.82) is 0 Å². The molecule has 0 fully saturated rings. The summed E-state index contributed by atoms with van der Waals surface area (Å²) in [5.41, 5.74) is 5.55. The monoisotopic (exact) mass is 310 g/mol. The highest BCUT2D eigenvalue weighted by Gasteiger charge is 2.28. The number of aliphatic hydroxyl groups excluding tert-OH is 1. The molecule has 0 saturated carbocycles. The van der Waals surface area contributed by atoms with E-state index in [0.717, 1.165) is 16.4 Å². The van der Waals surface area contributed by atoms with E-state index >= 15 is 0 Å². The Morgan fingerprint density at radius 3 is 2.58 bits per heavy atom. The first kappa shape index (κ1) is 16.2. The van der Waals surface area contributed by atoms with Gasteiger partial charge in [0.15, 0.2) is 5.82 Å². The average Bonchev–Trinajstić information content (AvgIpc) is 2.33. The topological polar surface area (TPSA) is 83.6 Å². The lowest BCUT2D eigenvalue weighted by Crippen LogP contribution is -2.34. The summed E-state index contributed by atoms with van der Waals surface area (Å²) in [5, 5.41) is 8.55. The molecule has 19 heavy (non-hydrogen) atoms. The summed E-state index contributed by atoms with van der Waals surface area (Å²) in [7, 11) is -4.07. The highest BCUT2D eigenvalue weighted by atomic mass is 35.5. The largest absolute Gasteiger partial charge is 0.399 e. The van der Waals surface area contributed by atoms with Gasteiger partial charge in [-0.2, -0.15) is 4.31 Å². The summed E-state index contributed by atoms with van der Waals surface area (Å²) >= 11 is 5.60. The summed E-state index contributed by atoms with van der Waals surface area (Å²) in [6, 6.07) is 2.17. The number of hydrogen-bond acceptors (Lipinski definition) is 4. The molecule has 0 aliphatic carbocycles. The van der Waals surface area contributed by atoms with Crippen LogP contribution in [0.3, 0.4) is 0 Å². The number of halogens is 2. The van der Waals surface area contributed by atoms with Gasteiger partial charge in [-0.05, 0) is 18.6 Å². The van der Waals surface area contributed by atoms with Crippen LogP contribution in [-0.4, -0.2) is 37.5 Å². The molecule has 108 valence electrons. The van der Waals surface area contributed by atoms with Gasteiger partial charge in [0.25, 0.3) is 0 Å². The molecule has 5 nitrogen and oxygen atoms in total. The molecular weight excluding hydrogens is 295 g/mol. The van der Waals surface area contributed by atoms with Crippen LogP contribution in [0, 0.1) is 5.82 Å². The van der Waals surface area contributed by atoms with E-state index in [1.807, 2.05) is 0 Å². The van der Waals surface area contributed by atoms with Crippen molar-refractivity contribution < 1.29 is 17.9 Å². The first-order chi connectivity index (χ1) is 8.84. The third-order valence-electron chi connectivity index (χ3n) is 2.46. The molecule has 3 N–H and O–H groups in total. The molecule has 0 amide bonds. The van der Waals surface area contributed by atoms with Crippen LogP contribution in [0.25, 0.3) is 0 Å². The third kappa shape index (κ3) is 3.56. The molecule has 1 aromatic rings. The number of aliphatic hydroxyl groups is 1. The first-order valence-electron chi connectivity index (χ1n) is 5.70. The van der Waals surface area contributed by atoms with Gasteiger partial charge in [-0.3, -0.25) is 0 Å². The lowest BCUT2D eigenvalue weighted by atomic mass is 10.3. The van der Waals surface area contributed by atoms with Crippen molar-refractivity contribution in [3.8, 4) is 0 Å². The van der Waals surface area contributed by atoms with E-state index in [2.05, 4.69) is 0 Å². The maximum atomic E-state index is 13.9. The summed E-state index contributed by atoms with van der Waals surface area (Å²) < 4.78 is 39.5. The fourth-order valence-corrected chi connectivity index (χ4v) is 3.55. The fraction of sp³-hybridized carbons (Fsp3) is 0.455. The Morgan fingerprint density at radius 1 is 1.42 bits per heavy atom. The van der Waals surface area contributed by atoms with Crippen molar-refractivity contribution in [1.82, 2.24) is 4.31 Å². The van der Waals surface area contributed by atoms with Crippen LogP contribution in [0.5, 0.6) is 0 Å². The maximum absolute atomic E-state index is 13.9. The summed E-state index contributed by atoms with van der Waals surface area (Å²) in [6.07, 6.45) is 0.539. The Kier molecular flexibility index (Phi) is 5.54. The Hall–Kier alpha value is -0.890. The summed E-state index contributed by atoms with van der Waals surface area (Å²) in [5.74, 6) is -1.03. The molecule has 0 bridgehead atoms. The smallest absolute Gasteiger partial charge is 0.246 e. The SMILES string of the molecule is CCCN(CCO)S(=O)(=O)c1cc(N)cc(Cl)c1F. The number of benzene rings is 1. The van der Waals surface area contributed by atoms with E-state index in [-0.39, 0.29) is 30.4 Å². The molecule has 0 aliphatic heterocycles. The highest BCUT2D eigenvalue weighted by molar-refractivity contribution is 7.89. The zero-order valence-corrected chi connectivity index (χ0v) is 12.0. The normalized spacial score (nSPS) is 12.1. The predicted octanol–water partition coefficient (Wildman–Crippen LogP) is 1.45. The number of nitrogens with two attached hydrogens (primary N) is 1. The quantitative estimate of drug-likeness (QED) is 0.779. The zero-order chi connectivity index (χ0) is 14.6. The molecule has 0 radical (unpaired) electrons. The zero-order valence-electron chi connectivity index (χ0n) is 10.4. The second kappa shape index (κ2) is 6.51. The molecule has 0 atom stereocenters. The molecule has 0 spiro atoms. The van der Waals surface area contributed by atoms with E-state index in [0.29, 0.717) is 6.42 Å². The van der Waals surface area contributed by atoms with Gasteiger partial charge in [0.1, 0.15) is 4.90 Å². The van der Waals surface area contributed by atoms with Gasteiger partial charge < -0.3 is 10.8 Å². The van der Waals surface area contributed by atoms with Gasteiger partial charge in [-0.25, -0.2) is 12.8 Å². The molecule has 1 aromatic carbocycles. The van der Waals surface area contributed by atoms with Crippen molar-refractivity contribution in [3.05, 3.63) is 23.0 Å². The van der Waals surface area contributed by atoms with E-state index < -0.39 is 20.7 Å². The Balaban J connectivity index is 3.32. The first-order valence-corrected chi connectivity index (χ1v) is 7.52. The lowest BCUT2D eigenvalue weighted by molar-refractivity contribution is 0.253. The van der Waals surface area contributed by atoms with Gasteiger partial charge in [0, 0.05) is 18.8 Å². The van der Waals surface area contributed by atoms with Crippen molar-refractivity contribution >= 4 is 27.3 Å². The molecule has 0 heterocycles. The number of rotatable bonds is 6. The van der Waals surface area contributed by atoms with Crippen molar-refractivity contribution in [3.63, 3.8) is 0 Å². The molecule has 0 aliphatic rings. The third-order valence-corrected chi connectivity index (χ3v) is 4.63. The lowest BCUT2D eigenvalue weighted by Gasteiger charge is -2.21. The van der Waals surface area contributed by atoms with Crippen LogP contribution >= 0.6 is 11.6 Å². The molecule has 0 unspecified atom stereocenters. The number of nitrogens with zero attached hydrogens (tertiary/aromatic N) is 1. The van der Waals surface area contributed by atoms with E-state index in [9.17, 15) is 12.8 Å². The van der Waals surface area contributed by atoms with Gasteiger partial charge in [0.2, 0.25) is 10.0 Å². The number of hydrogen-bond donors (Lipinski definition) is 2. The molecular formula is C11H16ClFN2O3S. The highest BCUT2D eigenvalue weighted by Crippen LogP contribution is 2.27. The Morgan fingerprint density at radius 2 is 2.05 bits per heavy atom. The minimum Gasteiger partial charge on any atom is -0.399 e. The van der Waals surface area contributed by atoms with Crippen molar-refractivity contribution in [2.24, 2.45) is 0 Å². The molecule has 8 heteroatoms.